The van der Waals surface area contributed by atoms with E-state index in [2.05, 4.69) is 0 Å². The summed E-state index contributed by atoms with van der Waals surface area (Å²) in [5.74, 6) is -2.89. The zero-order valence-corrected chi connectivity index (χ0v) is 11.3. The van der Waals surface area contributed by atoms with Gasteiger partial charge in [0.15, 0.2) is 0 Å². The third-order valence-corrected chi connectivity index (χ3v) is 5.06. The summed E-state index contributed by atoms with van der Waals surface area (Å²) in [5.41, 5.74) is -1.14. The van der Waals surface area contributed by atoms with Gasteiger partial charge in [-0.2, -0.15) is 14.0 Å². The molecule has 1 heterocycles. The van der Waals surface area contributed by atoms with E-state index < -0.39 is 43.2 Å². The van der Waals surface area contributed by atoms with Crippen LogP contribution >= 0.6 is 0 Å². The van der Waals surface area contributed by atoms with Gasteiger partial charge in [-0.3, -0.25) is 10.1 Å². The normalized spacial score (nSPS) is 19.4. The summed E-state index contributed by atoms with van der Waals surface area (Å²) in [6, 6.07) is 1.31. The predicted molar refractivity (Wildman–Crippen MR) is 65.5 cm³/mol. The Morgan fingerprint density at radius 2 is 2.05 bits per heavy atom. The lowest BCUT2D eigenvalue weighted by molar-refractivity contribution is -0.387. The fourth-order valence-corrected chi connectivity index (χ4v) is 3.81. The second-order valence-corrected chi connectivity index (χ2v) is 6.25. The summed E-state index contributed by atoms with van der Waals surface area (Å²) >= 11 is 0. The van der Waals surface area contributed by atoms with Crippen LogP contribution in [0, 0.1) is 33.1 Å². The number of hydrogen-bond acceptors (Lipinski definition) is 5. The van der Waals surface area contributed by atoms with E-state index in [9.17, 15) is 27.3 Å². The lowest BCUT2D eigenvalue weighted by Crippen LogP contribution is -2.35. The zero-order valence-electron chi connectivity index (χ0n) is 10.5. The Kier molecular flexibility index (Phi) is 3.89. The highest BCUT2D eigenvalue weighted by Crippen LogP contribution is 2.30. The minimum absolute atomic E-state index is 0.00513. The third kappa shape index (κ3) is 2.57. The molecule has 7 nitrogen and oxygen atoms in total. The van der Waals surface area contributed by atoms with E-state index >= 15 is 0 Å². The van der Waals surface area contributed by atoms with Crippen LogP contribution in [0.2, 0.25) is 0 Å². The first-order valence-electron chi connectivity index (χ1n) is 5.84. The summed E-state index contributed by atoms with van der Waals surface area (Å²) < 4.78 is 52.3. The zero-order chi connectivity index (χ0) is 15.8. The molecule has 10 heteroatoms. The second-order valence-electron chi connectivity index (χ2n) is 4.39. The van der Waals surface area contributed by atoms with Crippen molar-refractivity contribution in [1.29, 1.82) is 5.26 Å². The van der Waals surface area contributed by atoms with Crippen LogP contribution in [0.1, 0.15) is 12.8 Å². The van der Waals surface area contributed by atoms with E-state index in [1.807, 2.05) is 0 Å². The van der Waals surface area contributed by atoms with Gasteiger partial charge in [0, 0.05) is 18.7 Å². The maximum atomic E-state index is 13.7. The van der Waals surface area contributed by atoms with Gasteiger partial charge in [-0.1, -0.05) is 0 Å². The average Bonchev–Trinajstić information content (AvgIpc) is 2.86. The Balaban J connectivity index is 2.58. The molecule has 1 aromatic carbocycles. The van der Waals surface area contributed by atoms with Gasteiger partial charge in [-0.25, -0.2) is 12.8 Å². The van der Waals surface area contributed by atoms with Gasteiger partial charge < -0.3 is 0 Å². The molecule has 0 aliphatic carbocycles. The Bertz CT molecular complexity index is 745. The number of nitriles is 1. The van der Waals surface area contributed by atoms with Crippen molar-refractivity contribution in [3.63, 3.8) is 0 Å². The summed E-state index contributed by atoms with van der Waals surface area (Å²) in [4.78, 5) is 8.49. The van der Waals surface area contributed by atoms with Crippen molar-refractivity contribution in [2.75, 3.05) is 6.54 Å². The van der Waals surface area contributed by atoms with Crippen LogP contribution in [-0.2, 0) is 10.0 Å². The molecule has 1 unspecified atom stereocenters. The highest BCUT2D eigenvalue weighted by atomic mass is 32.2. The van der Waals surface area contributed by atoms with Crippen LogP contribution in [0.5, 0.6) is 0 Å². The Morgan fingerprint density at radius 1 is 1.38 bits per heavy atom. The standard InChI is InChI=1S/C11H9F2N3O4S/c12-8-4-9(13)11(5-10(8)16(17)18)21(19,20)15-3-1-2-7(15)6-14/h4-5,7H,1-3H2. The first-order valence-corrected chi connectivity index (χ1v) is 7.28. The van der Waals surface area contributed by atoms with Crippen molar-refractivity contribution >= 4 is 15.7 Å². The van der Waals surface area contributed by atoms with Crippen molar-refractivity contribution in [2.45, 2.75) is 23.8 Å². The van der Waals surface area contributed by atoms with Crippen LogP contribution < -0.4 is 0 Å². The third-order valence-electron chi connectivity index (χ3n) is 3.14. The SMILES string of the molecule is N#CC1CCCN1S(=O)(=O)c1cc([N+](=O)[O-])c(F)cc1F. The molecule has 1 atom stereocenters. The number of rotatable bonds is 3. The number of halogens is 2. The van der Waals surface area contributed by atoms with E-state index in [0.717, 1.165) is 4.31 Å². The molecule has 0 saturated carbocycles. The Morgan fingerprint density at radius 3 is 2.62 bits per heavy atom. The first-order chi connectivity index (χ1) is 9.78. The maximum Gasteiger partial charge on any atom is 0.306 e. The lowest BCUT2D eigenvalue weighted by Gasteiger charge is -2.19. The van der Waals surface area contributed by atoms with Crippen LogP contribution in [-0.4, -0.2) is 30.2 Å². The summed E-state index contributed by atoms with van der Waals surface area (Å²) in [6.07, 6.45) is 0.711. The van der Waals surface area contributed by atoms with Crippen LogP contribution in [0.4, 0.5) is 14.5 Å². The van der Waals surface area contributed by atoms with Gasteiger partial charge in [0.25, 0.3) is 0 Å². The number of hydrogen-bond donors (Lipinski definition) is 0. The number of nitro benzene ring substituents is 1. The molecular formula is C11H9F2N3O4S. The highest BCUT2D eigenvalue weighted by molar-refractivity contribution is 7.89. The van der Waals surface area contributed by atoms with Gasteiger partial charge in [0.2, 0.25) is 15.8 Å². The summed E-state index contributed by atoms with van der Waals surface area (Å²) in [5, 5.41) is 19.5. The molecule has 1 fully saturated rings. The van der Waals surface area contributed by atoms with E-state index in [0.29, 0.717) is 18.9 Å². The fraction of sp³-hybridized carbons (Fsp3) is 0.364. The van der Waals surface area contributed by atoms with Crippen molar-refractivity contribution in [1.82, 2.24) is 4.31 Å². The van der Waals surface area contributed by atoms with Gasteiger partial charge in [0.05, 0.1) is 11.0 Å². The highest BCUT2D eigenvalue weighted by Gasteiger charge is 2.38. The molecule has 0 radical (unpaired) electrons. The van der Waals surface area contributed by atoms with Gasteiger partial charge in [-0.15, -0.1) is 0 Å². The largest absolute Gasteiger partial charge is 0.306 e. The topological polar surface area (TPSA) is 104 Å². The molecule has 0 aromatic heterocycles. The smallest absolute Gasteiger partial charge is 0.258 e. The second kappa shape index (κ2) is 5.34. The minimum atomic E-state index is -4.44. The molecule has 2 rings (SSSR count). The van der Waals surface area contributed by atoms with Crippen molar-refractivity contribution in [3.8, 4) is 6.07 Å². The molecule has 1 aromatic rings. The number of sulfonamides is 1. The van der Waals surface area contributed by atoms with Crippen molar-refractivity contribution in [2.24, 2.45) is 0 Å². The minimum Gasteiger partial charge on any atom is -0.258 e. The molecule has 1 aliphatic rings. The molecular weight excluding hydrogens is 308 g/mol. The van der Waals surface area contributed by atoms with E-state index in [1.165, 1.54) is 0 Å². The van der Waals surface area contributed by atoms with Crippen LogP contribution in [0.15, 0.2) is 17.0 Å². The molecule has 1 aliphatic heterocycles. The van der Waals surface area contributed by atoms with E-state index in [-0.39, 0.29) is 12.6 Å². The average molecular weight is 317 g/mol. The lowest BCUT2D eigenvalue weighted by atomic mass is 10.2. The van der Waals surface area contributed by atoms with Gasteiger partial charge >= 0.3 is 5.69 Å². The molecule has 112 valence electrons. The summed E-state index contributed by atoms with van der Waals surface area (Å²) in [7, 11) is -4.44. The van der Waals surface area contributed by atoms with Gasteiger partial charge in [0.1, 0.15) is 16.8 Å². The maximum absolute atomic E-state index is 13.7. The van der Waals surface area contributed by atoms with Crippen LogP contribution in [0.25, 0.3) is 0 Å². The number of benzene rings is 1. The Hall–Kier alpha value is -2.12. The molecule has 0 bridgehead atoms. The molecule has 0 amide bonds. The van der Waals surface area contributed by atoms with E-state index in [4.69, 9.17) is 5.26 Å². The van der Waals surface area contributed by atoms with Gasteiger partial charge in [-0.05, 0) is 12.8 Å². The van der Waals surface area contributed by atoms with Crippen molar-refractivity contribution < 1.29 is 22.1 Å². The fourth-order valence-electron chi connectivity index (χ4n) is 2.14. The quantitative estimate of drug-likeness (QED) is 0.621. The number of nitro groups is 1. The van der Waals surface area contributed by atoms with Crippen LogP contribution in [0.3, 0.4) is 0 Å². The molecule has 21 heavy (non-hydrogen) atoms. The Labute approximate surface area is 118 Å². The first kappa shape index (κ1) is 15.3. The number of nitrogens with zero attached hydrogens (tertiary/aromatic N) is 3. The molecule has 0 spiro atoms. The van der Waals surface area contributed by atoms with E-state index in [1.54, 1.807) is 6.07 Å². The predicted octanol–water partition coefficient (Wildman–Crippen LogP) is 1.55. The van der Waals surface area contributed by atoms with Crippen molar-refractivity contribution in [3.05, 3.63) is 33.9 Å². The monoisotopic (exact) mass is 317 g/mol. The molecule has 1 saturated heterocycles. The summed E-state index contributed by atoms with van der Waals surface area (Å²) in [6.45, 7) is 0.00513. The molecule has 0 N–H and O–H groups in total.